The van der Waals surface area contributed by atoms with E-state index in [0.29, 0.717) is 29.8 Å². The number of carbonyl (C=O) groups is 1. The highest BCUT2D eigenvalue weighted by Crippen LogP contribution is 2.38. The molecule has 116 valence electrons. The van der Waals surface area contributed by atoms with Crippen LogP contribution in [-0.2, 0) is 0 Å². The lowest BCUT2D eigenvalue weighted by atomic mass is 9.98. The molecule has 2 fully saturated rings. The number of ether oxygens (including phenoxy) is 1. The van der Waals surface area contributed by atoms with Crippen molar-refractivity contribution in [3.63, 3.8) is 0 Å². The number of hydrogen-bond donors (Lipinski definition) is 1. The Kier molecular flexibility index (Phi) is 5.12. The topological polar surface area (TPSA) is 55.6 Å². The number of nitrogens with two attached hydrogens (primary N) is 1. The van der Waals surface area contributed by atoms with Gasteiger partial charge in [0.2, 0.25) is 0 Å². The minimum atomic E-state index is 0. The molecular formula is C16H23ClN2O2. The van der Waals surface area contributed by atoms with Crippen LogP contribution in [0.15, 0.2) is 24.3 Å². The molecule has 2 aliphatic rings. The minimum Gasteiger partial charge on any atom is -0.493 e. The van der Waals surface area contributed by atoms with E-state index in [1.54, 1.807) is 0 Å². The van der Waals surface area contributed by atoms with Gasteiger partial charge in [-0.15, -0.1) is 12.4 Å². The molecule has 21 heavy (non-hydrogen) atoms. The van der Waals surface area contributed by atoms with E-state index in [1.807, 2.05) is 36.1 Å². The normalized spacial score (nSPS) is 27.1. The molecule has 0 aromatic heterocycles. The summed E-state index contributed by atoms with van der Waals surface area (Å²) in [5.41, 5.74) is 6.81. The van der Waals surface area contributed by atoms with Gasteiger partial charge in [-0.2, -0.15) is 0 Å². The first-order chi connectivity index (χ1) is 9.70. The summed E-state index contributed by atoms with van der Waals surface area (Å²) in [5, 5.41) is 0. The average Bonchev–Trinajstić information content (AvgIpc) is 3.02. The molecule has 0 spiro atoms. The van der Waals surface area contributed by atoms with Crippen LogP contribution in [0.3, 0.4) is 0 Å². The number of nitrogens with zero attached hydrogens (tertiary/aromatic N) is 1. The first-order valence-electron chi connectivity index (χ1n) is 7.47. The van der Waals surface area contributed by atoms with Gasteiger partial charge >= 0.3 is 0 Å². The van der Waals surface area contributed by atoms with Crippen molar-refractivity contribution in [2.75, 3.05) is 19.7 Å². The fourth-order valence-electron chi connectivity index (χ4n) is 3.57. The number of rotatable bonds is 3. The predicted octanol–water partition coefficient (Wildman–Crippen LogP) is 2.32. The van der Waals surface area contributed by atoms with E-state index in [2.05, 4.69) is 0 Å². The highest BCUT2D eigenvalue weighted by Gasteiger charge is 2.42. The van der Waals surface area contributed by atoms with E-state index in [0.717, 1.165) is 25.9 Å². The highest BCUT2D eigenvalue weighted by molar-refractivity contribution is 5.97. The Morgan fingerprint density at radius 1 is 1.33 bits per heavy atom. The van der Waals surface area contributed by atoms with Crippen LogP contribution in [-0.4, -0.2) is 36.5 Å². The summed E-state index contributed by atoms with van der Waals surface area (Å²) in [4.78, 5) is 14.6. The van der Waals surface area contributed by atoms with Crippen LogP contribution in [0.4, 0.5) is 0 Å². The third-order valence-electron chi connectivity index (χ3n) is 4.62. The van der Waals surface area contributed by atoms with Crippen LogP contribution in [0.5, 0.6) is 5.75 Å². The zero-order valence-corrected chi connectivity index (χ0v) is 13.1. The van der Waals surface area contributed by atoms with Crippen molar-refractivity contribution >= 4 is 18.3 Å². The summed E-state index contributed by atoms with van der Waals surface area (Å²) >= 11 is 0. The molecule has 5 heteroatoms. The fraction of sp³-hybridized carbons (Fsp3) is 0.562. The summed E-state index contributed by atoms with van der Waals surface area (Å²) in [5.74, 6) is 1.84. The van der Waals surface area contributed by atoms with Crippen molar-refractivity contribution in [3.05, 3.63) is 29.8 Å². The Morgan fingerprint density at radius 3 is 2.81 bits per heavy atom. The molecule has 1 saturated heterocycles. The molecule has 1 heterocycles. The Balaban J connectivity index is 0.00000161. The summed E-state index contributed by atoms with van der Waals surface area (Å²) in [6.07, 6.45) is 2.26. The van der Waals surface area contributed by atoms with Crippen LogP contribution < -0.4 is 10.5 Å². The van der Waals surface area contributed by atoms with E-state index >= 15 is 0 Å². The van der Waals surface area contributed by atoms with Crippen molar-refractivity contribution in [1.29, 1.82) is 0 Å². The second-order valence-corrected chi connectivity index (χ2v) is 5.80. The van der Waals surface area contributed by atoms with Gasteiger partial charge < -0.3 is 15.4 Å². The number of para-hydroxylation sites is 1. The van der Waals surface area contributed by atoms with E-state index in [-0.39, 0.29) is 24.4 Å². The third-order valence-corrected chi connectivity index (χ3v) is 4.62. The summed E-state index contributed by atoms with van der Waals surface area (Å²) < 4.78 is 5.56. The van der Waals surface area contributed by atoms with Gasteiger partial charge in [0.25, 0.3) is 5.91 Å². The molecule has 3 unspecified atom stereocenters. The first kappa shape index (κ1) is 16.1. The molecule has 1 amide bonds. The maximum absolute atomic E-state index is 12.7. The van der Waals surface area contributed by atoms with Crippen molar-refractivity contribution in [2.45, 2.75) is 25.8 Å². The van der Waals surface area contributed by atoms with E-state index in [1.165, 1.54) is 0 Å². The van der Waals surface area contributed by atoms with Crippen molar-refractivity contribution in [1.82, 2.24) is 4.90 Å². The second kappa shape index (κ2) is 6.67. The Bertz CT molecular complexity index is 509. The number of carbonyl (C=O) groups excluding carboxylic acids is 1. The molecule has 2 N–H and O–H groups in total. The lowest BCUT2D eigenvalue weighted by Crippen LogP contribution is -2.33. The molecule has 1 aliphatic heterocycles. The number of halogens is 1. The molecular weight excluding hydrogens is 288 g/mol. The zero-order chi connectivity index (χ0) is 14.1. The molecule has 1 aliphatic carbocycles. The Hall–Kier alpha value is -1.26. The van der Waals surface area contributed by atoms with Gasteiger partial charge in [-0.1, -0.05) is 12.1 Å². The summed E-state index contributed by atoms with van der Waals surface area (Å²) in [6, 6.07) is 7.76. The number of likely N-dealkylation sites (tertiary alicyclic amines) is 1. The number of benzene rings is 1. The van der Waals surface area contributed by atoms with E-state index in [4.69, 9.17) is 10.5 Å². The SMILES string of the molecule is CCOc1ccccc1C(=O)N1CC2CCC(N)C2C1.Cl. The summed E-state index contributed by atoms with van der Waals surface area (Å²) in [7, 11) is 0. The van der Waals surface area contributed by atoms with Gasteiger partial charge in [0.05, 0.1) is 12.2 Å². The van der Waals surface area contributed by atoms with E-state index in [9.17, 15) is 4.79 Å². The number of fused-ring (bicyclic) bond motifs is 1. The fourth-order valence-corrected chi connectivity index (χ4v) is 3.57. The predicted molar refractivity (Wildman–Crippen MR) is 85.0 cm³/mol. The smallest absolute Gasteiger partial charge is 0.257 e. The minimum absolute atomic E-state index is 0. The highest BCUT2D eigenvalue weighted by atomic mass is 35.5. The van der Waals surface area contributed by atoms with Crippen LogP contribution in [0.25, 0.3) is 0 Å². The van der Waals surface area contributed by atoms with Crippen molar-refractivity contribution in [2.24, 2.45) is 17.6 Å². The van der Waals surface area contributed by atoms with Gasteiger partial charge in [-0.05, 0) is 43.7 Å². The third kappa shape index (κ3) is 3.01. The van der Waals surface area contributed by atoms with Crippen LogP contribution in [0.2, 0.25) is 0 Å². The molecule has 3 atom stereocenters. The molecule has 4 nitrogen and oxygen atoms in total. The van der Waals surface area contributed by atoms with Crippen molar-refractivity contribution in [3.8, 4) is 5.75 Å². The number of amides is 1. The standard InChI is InChI=1S/C16H22N2O2.ClH/c1-2-20-15-6-4-3-5-12(15)16(19)18-9-11-7-8-14(17)13(11)10-18;/h3-6,11,13-14H,2,7-10,17H2,1H3;1H. The quantitative estimate of drug-likeness (QED) is 0.932. The Labute approximate surface area is 132 Å². The molecule has 1 aromatic carbocycles. The molecule has 0 bridgehead atoms. The largest absolute Gasteiger partial charge is 0.493 e. The van der Waals surface area contributed by atoms with Gasteiger partial charge in [0.1, 0.15) is 5.75 Å². The van der Waals surface area contributed by atoms with Crippen molar-refractivity contribution < 1.29 is 9.53 Å². The van der Waals surface area contributed by atoms with Gasteiger partial charge in [0, 0.05) is 19.1 Å². The van der Waals surface area contributed by atoms with Gasteiger partial charge in [0.15, 0.2) is 0 Å². The lowest BCUT2D eigenvalue weighted by Gasteiger charge is -2.20. The van der Waals surface area contributed by atoms with Gasteiger partial charge in [-0.25, -0.2) is 0 Å². The zero-order valence-electron chi connectivity index (χ0n) is 12.3. The van der Waals surface area contributed by atoms with Gasteiger partial charge in [-0.3, -0.25) is 4.79 Å². The average molecular weight is 311 g/mol. The van der Waals surface area contributed by atoms with Crippen LogP contribution in [0.1, 0.15) is 30.1 Å². The monoisotopic (exact) mass is 310 g/mol. The lowest BCUT2D eigenvalue weighted by molar-refractivity contribution is 0.0775. The molecule has 1 saturated carbocycles. The Morgan fingerprint density at radius 2 is 2.10 bits per heavy atom. The second-order valence-electron chi connectivity index (χ2n) is 5.80. The summed E-state index contributed by atoms with van der Waals surface area (Å²) in [6.45, 7) is 4.14. The number of hydrogen-bond acceptors (Lipinski definition) is 3. The van der Waals surface area contributed by atoms with E-state index < -0.39 is 0 Å². The molecule has 3 rings (SSSR count). The maximum atomic E-state index is 12.7. The van der Waals surface area contributed by atoms with Crippen LogP contribution in [0, 0.1) is 11.8 Å². The molecule has 0 radical (unpaired) electrons. The first-order valence-corrected chi connectivity index (χ1v) is 7.47. The maximum Gasteiger partial charge on any atom is 0.257 e. The molecule has 1 aromatic rings. The van der Waals surface area contributed by atoms with Crippen LogP contribution >= 0.6 is 12.4 Å².